The molecule has 0 aliphatic heterocycles. The number of aliphatic hydroxyl groups excluding tert-OH is 1. The molecule has 0 saturated carbocycles. The molecule has 0 spiro atoms. The first-order chi connectivity index (χ1) is 35.5. The number of nitrogens with zero attached hydrogens (tertiary/aromatic N) is 1. The van der Waals surface area contributed by atoms with Gasteiger partial charge in [-0.2, -0.15) is 0 Å². The van der Waals surface area contributed by atoms with E-state index in [0.29, 0.717) is 17.4 Å². The van der Waals surface area contributed by atoms with E-state index in [1.165, 1.54) is 250 Å². The van der Waals surface area contributed by atoms with Crippen molar-refractivity contribution in [3.05, 3.63) is 36.5 Å². The minimum Gasteiger partial charge on any atom is -0.387 e. The van der Waals surface area contributed by atoms with E-state index < -0.39 is 20.0 Å². The number of allylic oxidation sites excluding steroid dienone is 5. The van der Waals surface area contributed by atoms with Crippen LogP contribution in [0.4, 0.5) is 0 Å². The number of hydrogen-bond acceptors (Lipinski definition) is 5. The Bertz CT molecular complexity index is 1280. The summed E-state index contributed by atoms with van der Waals surface area (Å²) in [7, 11) is 1.56. The summed E-state index contributed by atoms with van der Waals surface area (Å²) in [6.45, 7) is 4.84. The molecule has 0 heterocycles. The number of carbonyl (C=O) groups excluding carboxylic acids is 1. The van der Waals surface area contributed by atoms with Gasteiger partial charge in [0, 0.05) is 6.42 Å². The van der Waals surface area contributed by atoms with Crippen LogP contribution < -0.4 is 5.32 Å². The molecular formula is C64H126N2O6P+. The zero-order chi connectivity index (χ0) is 53.5. The maximum atomic E-state index is 13.0. The predicted octanol–water partition coefficient (Wildman–Crippen LogP) is 19.7. The van der Waals surface area contributed by atoms with Crippen LogP contribution in [0, 0.1) is 0 Å². The van der Waals surface area contributed by atoms with E-state index >= 15 is 0 Å². The van der Waals surface area contributed by atoms with E-state index in [0.717, 1.165) is 44.9 Å². The summed E-state index contributed by atoms with van der Waals surface area (Å²) in [6.07, 6.45) is 72.8. The summed E-state index contributed by atoms with van der Waals surface area (Å²) in [6, 6.07) is -0.869. The molecule has 0 bridgehead atoms. The maximum absolute atomic E-state index is 13.0. The van der Waals surface area contributed by atoms with Gasteiger partial charge in [0.2, 0.25) is 5.91 Å². The molecule has 0 aliphatic rings. The second-order valence-electron chi connectivity index (χ2n) is 23.1. The van der Waals surface area contributed by atoms with Crippen LogP contribution in [0.5, 0.6) is 0 Å². The molecule has 0 aromatic heterocycles. The Morgan fingerprint density at radius 1 is 0.452 bits per heavy atom. The smallest absolute Gasteiger partial charge is 0.387 e. The average molecular weight is 1050 g/mol. The highest BCUT2D eigenvalue weighted by molar-refractivity contribution is 7.47. The molecule has 0 aromatic rings. The van der Waals surface area contributed by atoms with Crippen molar-refractivity contribution in [2.75, 3.05) is 40.9 Å². The lowest BCUT2D eigenvalue weighted by Crippen LogP contribution is -2.45. The number of phosphoric acid groups is 1. The molecule has 432 valence electrons. The van der Waals surface area contributed by atoms with E-state index in [2.05, 4.69) is 43.5 Å². The first-order valence-electron chi connectivity index (χ1n) is 31.9. The second kappa shape index (κ2) is 55.5. The van der Waals surface area contributed by atoms with Gasteiger partial charge in [0.25, 0.3) is 0 Å². The number of rotatable bonds is 59. The molecule has 0 aliphatic carbocycles. The number of quaternary nitrogens is 1. The van der Waals surface area contributed by atoms with Gasteiger partial charge >= 0.3 is 7.82 Å². The SMILES string of the molecule is CCCCCCCCCCCCCCCC/C=C/CC/C=C/CC/C=C/C(O)C(COP(=O)(O)OCC[N+](C)(C)C)NC(=O)CCCCCCCCCCCCCCCCCCCCCCCCCCCCC. The van der Waals surface area contributed by atoms with E-state index in [4.69, 9.17) is 9.05 Å². The van der Waals surface area contributed by atoms with Crippen molar-refractivity contribution in [3.8, 4) is 0 Å². The lowest BCUT2D eigenvalue weighted by atomic mass is 10.0. The van der Waals surface area contributed by atoms with Crippen molar-refractivity contribution in [2.24, 2.45) is 0 Å². The summed E-state index contributed by atoms with van der Waals surface area (Å²) in [5.74, 6) is -0.184. The fourth-order valence-electron chi connectivity index (χ4n) is 9.61. The van der Waals surface area contributed by atoms with Crippen LogP contribution in [0.3, 0.4) is 0 Å². The van der Waals surface area contributed by atoms with Crippen molar-refractivity contribution in [3.63, 3.8) is 0 Å². The Labute approximate surface area is 455 Å². The number of amides is 1. The Morgan fingerprint density at radius 3 is 1.10 bits per heavy atom. The maximum Gasteiger partial charge on any atom is 0.472 e. The quantitative estimate of drug-likeness (QED) is 0.0243. The number of aliphatic hydroxyl groups is 1. The van der Waals surface area contributed by atoms with Crippen LogP contribution in [-0.2, 0) is 18.4 Å². The van der Waals surface area contributed by atoms with Crippen molar-refractivity contribution >= 4 is 13.7 Å². The van der Waals surface area contributed by atoms with Gasteiger partial charge in [0.05, 0.1) is 39.9 Å². The molecule has 73 heavy (non-hydrogen) atoms. The first kappa shape index (κ1) is 71.7. The van der Waals surface area contributed by atoms with Crippen LogP contribution in [-0.4, -0.2) is 73.4 Å². The van der Waals surface area contributed by atoms with Gasteiger partial charge < -0.3 is 19.8 Å². The third-order valence-electron chi connectivity index (χ3n) is 14.6. The fourth-order valence-corrected chi connectivity index (χ4v) is 10.3. The van der Waals surface area contributed by atoms with Gasteiger partial charge in [-0.3, -0.25) is 13.8 Å². The van der Waals surface area contributed by atoms with Crippen molar-refractivity contribution in [2.45, 2.75) is 328 Å². The van der Waals surface area contributed by atoms with Crippen molar-refractivity contribution in [1.29, 1.82) is 0 Å². The molecule has 0 saturated heterocycles. The van der Waals surface area contributed by atoms with Gasteiger partial charge in [0.15, 0.2) is 0 Å². The molecule has 0 aromatic carbocycles. The first-order valence-corrected chi connectivity index (χ1v) is 33.4. The number of phosphoric ester groups is 1. The minimum atomic E-state index is -4.36. The summed E-state index contributed by atoms with van der Waals surface area (Å²) in [5, 5.41) is 13.9. The van der Waals surface area contributed by atoms with Gasteiger partial charge in [0.1, 0.15) is 13.2 Å². The number of unbranched alkanes of at least 4 members (excludes halogenated alkanes) is 42. The third-order valence-corrected chi connectivity index (χ3v) is 15.6. The zero-order valence-electron chi connectivity index (χ0n) is 49.4. The zero-order valence-corrected chi connectivity index (χ0v) is 50.3. The van der Waals surface area contributed by atoms with Crippen LogP contribution in [0.2, 0.25) is 0 Å². The highest BCUT2D eigenvalue weighted by Gasteiger charge is 2.27. The molecule has 8 nitrogen and oxygen atoms in total. The van der Waals surface area contributed by atoms with Crippen LogP contribution in [0.15, 0.2) is 36.5 Å². The summed E-state index contributed by atoms with van der Waals surface area (Å²) < 4.78 is 23.7. The standard InChI is InChI=1S/C64H125N2O6P/c1-6-8-10-12-14-16-18-20-22-24-26-28-30-32-33-34-36-38-40-42-44-46-48-50-52-54-56-58-64(68)65-62(61-72-73(69,70)71-60-59-66(3,4)5)63(67)57-55-53-51-49-47-45-43-41-39-37-35-31-29-27-25-23-21-19-17-15-13-11-9-7-2/h39,41,47,49,55,57,62-63,67H,6-38,40,42-46,48,50-54,56,58-61H2,1-5H3,(H-,65,68,69,70)/p+1/b41-39+,49-47+,57-55+. The predicted molar refractivity (Wildman–Crippen MR) is 318 cm³/mol. The molecule has 3 unspecified atom stereocenters. The Balaban J connectivity index is 4.17. The second-order valence-corrected chi connectivity index (χ2v) is 24.6. The number of carbonyl (C=O) groups is 1. The summed E-state index contributed by atoms with van der Waals surface area (Å²) in [4.78, 5) is 23.3. The fraction of sp³-hybridized carbons (Fsp3) is 0.891. The van der Waals surface area contributed by atoms with Crippen molar-refractivity contribution < 1.29 is 32.9 Å². The van der Waals surface area contributed by atoms with Gasteiger partial charge in [-0.1, -0.05) is 301 Å². The largest absolute Gasteiger partial charge is 0.472 e. The molecule has 3 atom stereocenters. The van der Waals surface area contributed by atoms with Gasteiger partial charge in [-0.25, -0.2) is 4.57 Å². The van der Waals surface area contributed by atoms with Gasteiger partial charge in [-0.15, -0.1) is 0 Å². The number of likely N-dealkylation sites (N-methyl/N-ethyl adjacent to an activating group) is 1. The van der Waals surface area contributed by atoms with Crippen LogP contribution in [0.25, 0.3) is 0 Å². The van der Waals surface area contributed by atoms with Crippen LogP contribution in [0.1, 0.15) is 316 Å². The van der Waals surface area contributed by atoms with Crippen molar-refractivity contribution in [1.82, 2.24) is 5.32 Å². The van der Waals surface area contributed by atoms with E-state index in [1.54, 1.807) is 6.08 Å². The molecule has 0 rings (SSSR count). The van der Waals surface area contributed by atoms with E-state index in [9.17, 15) is 19.4 Å². The molecule has 0 fully saturated rings. The summed E-state index contributed by atoms with van der Waals surface area (Å²) >= 11 is 0. The molecule has 0 radical (unpaired) electrons. The molecule has 1 amide bonds. The lowest BCUT2D eigenvalue weighted by Gasteiger charge is -2.25. The third kappa shape index (κ3) is 58.2. The Kier molecular flexibility index (Phi) is 54.5. The average Bonchev–Trinajstić information content (AvgIpc) is 3.35. The number of nitrogens with one attached hydrogen (secondary N) is 1. The lowest BCUT2D eigenvalue weighted by molar-refractivity contribution is -0.870. The van der Waals surface area contributed by atoms with E-state index in [1.807, 2.05) is 27.2 Å². The number of hydrogen-bond donors (Lipinski definition) is 3. The molecule has 3 N–H and O–H groups in total. The summed E-state index contributed by atoms with van der Waals surface area (Å²) in [5.41, 5.74) is 0. The topological polar surface area (TPSA) is 105 Å². The van der Waals surface area contributed by atoms with Crippen LogP contribution >= 0.6 is 7.82 Å². The molecule has 9 heteroatoms. The normalized spacial score (nSPS) is 14.0. The van der Waals surface area contributed by atoms with E-state index in [-0.39, 0.29) is 19.1 Å². The Hall–Kier alpha value is -1.28. The van der Waals surface area contributed by atoms with Gasteiger partial charge in [-0.05, 0) is 44.9 Å². The monoisotopic (exact) mass is 1050 g/mol. The highest BCUT2D eigenvalue weighted by atomic mass is 31.2. The highest BCUT2D eigenvalue weighted by Crippen LogP contribution is 2.43. The minimum absolute atomic E-state index is 0.0553. The Morgan fingerprint density at radius 2 is 0.753 bits per heavy atom. The molecular weight excluding hydrogens is 924 g/mol.